The summed E-state index contributed by atoms with van der Waals surface area (Å²) in [6, 6.07) is 14.3. The first-order valence-electron chi connectivity index (χ1n) is 11.1. The molecule has 1 saturated heterocycles. The van der Waals surface area contributed by atoms with Gasteiger partial charge in [-0.2, -0.15) is 0 Å². The molecule has 3 aliphatic heterocycles. The molecule has 0 spiro atoms. The van der Waals surface area contributed by atoms with Crippen LogP contribution in [0.15, 0.2) is 36.4 Å². The number of hydrogen-bond acceptors (Lipinski definition) is 3. The predicted molar refractivity (Wildman–Crippen MR) is 117 cm³/mol. The SMILES string of the molecule is CN1CCc2cc(-c3ccc4c(c3)CCN(CCN3CCCC3)C4)ccc2C1. The zero-order chi connectivity index (χ0) is 18.9. The summed E-state index contributed by atoms with van der Waals surface area (Å²) in [5.74, 6) is 0. The van der Waals surface area contributed by atoms with Crippen molar-refractivity contribution in [2.45, 2.75) is 38.8 Å². The molecule has 3 aliphatic rings. The van der Waals surface area contributed by atoms with E-state index in [2.05, 4.69) is 58.1 Å². The van der Waals surface area contributed by atoms with Crippen LogP contribution in [0.2, 0.25) is 0 Å². The van der Waals surface area contributed by atoms with Gasteiger partial charge >= 0.3 is 0 Å². The van der Waals surface area contributed by atoms with Crippen LogP contribution in [0.25, 0.3) is 11.1 Å². The molecular weight excluding hydrogens is 342 g/mol. The maximum Gasteiger partial charge on any atom is 0.0237 e. The van der Waals surface area contributed by atoms with Crippen LogP contribution in [0.4, 0.5) is 0 Å². The van der Waals surface area contributed by atoms with Crippen molar-refractivity contribution in [3.05, 3.63) is 58.7 Å². The predicted octanol–water partition coefficient (Wildman–Crippen LogP) is 3.80. The maximum absolute atomic E-state index is 2.65. The number of likely N-dealkylation sites (tertiary alicyclic amines) is 1. The van der Waals surface area contributed by atoms with E-state index in [1.165, 1.54) is 87.2 Å². The molecule has 5 rings (SSSR count). The summed E-state index contributed by atoms with van der Waals surface area (Å²) in [5, 5.41) is 0. The molecule has 1 fully saturated rings. The van der Waals surface area contributed by atoms with E-state index in [-0.39, 0.29) is 0 Å². The average Bonchev–Trinajstić information content (AvgIpc) is 3.25. The largest absolute Gasteiger partial charge is 0.302 e. The van der Waals surface area contributed by atoms with E-state index in [0.717, 1.165) is 13.1 Å². The molecule has 0 bridgehead atoms. The molecule has 0 aliphatic carbocycles. The number of fused-ring (bicyclic) bond motifs is 2. The van der Waals surface area contributed by atoms with Crippen LogP contribution in [-0.2, 0) is 25.9 Å². The van der Waals surface area contributed by atoms with E-state index in [1.54, 1.807) is 11.1 Å². The second kappa shape index (κ2) is 7.98. The van der Waals surface area contributed by atoms with Crippen LogP contribution in [0.3, 0.4) is 0 Å². The highest BCUT2D eigenvalue weighted by Crippen LogP contribution is 2.29. The molecule has 0 amide bonds. The molecule has 148 valence electrons. The molecule has 0 N–H and O–H groups in total. The van der Waals surface area contributed by atoms with Crippen molar-refractivity contribution in [3.8, 4) is 11.1 Å². The molecular formula is C25H33N3. The third-order valence-corrected chi connectivity index (χ3v) is 6.97. The van der Waals surface area contributed by atoms with Crippen LogP contribution in [0.5, 0.6) is 0 Å². The lowest BCUT2D eigenvalue weighted by Gasteiger charge is -2.30. The van der Waals surface area contributed by atoms with Crippen LogP contribution in [0, 0.1) is 0 Å². The second-order valence-electron chi connectivity index (χ2n) is 9.03. The normalized spacial score (nSPS) is 20.9. The number of nitrogens with zero attached hydrogens (tertiary/aromatic N) is 3. The molecule has 0 radical (unpaired) electrons. The molecule has 3 heteroatoms. The highest BCUT2D eigenvalue weighted by atomic mass is 15.2. The first kappa shape index (κ1) is 18.4. The van der Waals surface area contributed by atoms with Gasteiger partial charge in [0.2, 0.25) is 0 Å². The molecule has 0 saturated carbocycles. The third kappa shape index (κ3) is 3.89. The minimum absolute atomic E-state index is 1.09. The highest BCUT2D eigenvalue weighted by Gasteiger charge is 2.19. The van der Waals surface area contributed by atoms with Crippen LogP contribution < -0.4 is 0 Å². The van der Waals surface area contributed by atoms with Gasteiger partial charge in [0.05, 0.1) is 0 Å². The second-order valence-corrected chi connectivity index (χ2v) is 9.03. The van der Waals surface area contributed by atoms with Crippen molar-refractivity contribution >= 4 is 0 Å². The van der Waals surface area contributed by atoms with Gasteiger partial charge in [-0.05, 0) is 79.2 Å². The minimum Gasteiger partial charge on any atom is -0.302 e. The minimum atomic E-state index is 1.09. The van der Waals surface area contributed by atoms with E-state index in [9.17, 15) is 0 Å². The Labute approximate surface area is 169 Å². The average molecular weight is 376 g/mol. The Morgan fingerprint density at radius 2 is 1.25 bits per heavy atom. The number of likely N-dealkylation sites (N-methyl/N-ethyl adjacent to an activating group) is 1. The summed E-state index contributed by atoms with van der Waals surface area (Å²) in [6.45, 7) is 9.69. The Morgan fingerprint density at radius 3 is 1.96 bits per heavy atom. The van der Waals surface area contributed by atoms with Gasteiger partial charge in [0.15, 0.2) is 0 Å². The third-order valence-electron chi connectivity index (χ3n) is 6.97. The number of hydrogen-bond donors (Lipinski definition) is 0. The Bertz CT molecular complexity index is 838. The molecule has 0 unspecified atom stereocenters. The van der Waals surface area contributed by atoms with Crippen LogP contribution in [-0.4, -0.2) is 61.0 Å². The summed E-state index contributed by atoms with van der Waals surface area (Å²) < 4.78 is 0. The van der Waals surface area contributed by atoms with Crippen LogP contribution >= 0.6 is 0 Å². The zero-order valence-corrected chi connectivity index (χ0v) is 17.3. The highest BCUT2D eigenvalue weighted by molar-refractivity contribution is 5.66. The van der Waals surface area contributed by atoms with E-state index >= 15 is 0 Å². The fourth-order valence-corrected chi connectivity index (χ4v) is 5.14. The fraction of sp³-hybridized carbons (Fsp3) is 0.520. The number of rotatable bonds is 4. The van der Waals surface area contributed by atoms with Crippen molar-refractivity contribution in [2.24, 2.45) is 0 Å². The van der Waals surface area contributed by atoms with Gasteiger partial charge in [0, 0.05) is 39.3 Å². The standard InChI is InChI=1S/C25H33N3/c1-26-12-8-22-16-20(4-6-24(22)18-26)21-5-7-25-19-28(13-9-23(25)17-21)15-14-27-10-2-3-11-27/h4-7,16-17H,2-3,8-15,18-19H2,1H3. The van der Waals surface area contributed by atoms with Crippen molar-refractivity contribution in [2.75, 3.05) is 46.3 Å². The maximum atomic E-state index is 2.65. The summed E-state index contributed by atoms with van der Waals surface area (Å²) in [5.41, 5.74) is 8.93. The first-order chi connectivity index (χ1) is 13.7. The molecule has 0 atom stereocenters. The molecule has 3 heterocycles. The first-order valence-corrected chi connectivity index (χ1v) is 11.1. The van der Waals surface area contributed by atoms with E-state index in [1.807, 2.05) is 0 Å². The Balaban J connectivity index is 1.28. The lowest BCUT2D eigenvalue weighted by molar-refractivity contribution is 0.211. The van der Waals surface area contributed by atoms with Crippen molar-refractivity contribution in [1.82, 2.24) is 14.7 Å². The molecule has 28 heavy (non-hydrogen) atoms. The van der Waals surface area contributed by atoms with Gasteiger partial charge in [0.25, 0.3) is 0 Å². The van der Waals surface area contributed by atoms with Gasteiger partial charge < -0.3 is 9.80 Å². The fourth-order valence-electron chi connectivity index (χ4n) is 5.14. The van der Waals surface area contributed by atoms with Gasteiger partial charge in [-0.3, -0.25) is 4.90 Å². The molecule has 2 aromatic rings. The van der Waals surface area contributed by atoms with Gasteiger partial charge in [-0.25, -0.2) is 0 Å². The molecule has 3 nitrogen and oxygen atoms in total. The Kier molecular flexibility index (Phi) is 5.23. The summed E-state index contributed by atoms with van der Waals surface area (Å²) in [7, 11) is 2.22. The molecule has 2 aromatic carbocycles. The zero-order valence-electron chi connectivity index (χ0n) is 17.3. The van der Waals surface area contributed by atoms with E-state index in [0.29, 0.717) is 0 Å². The van der Waals surface area contributed by atoms with Gasteiger partial charge in [-0.1, -0.05) is 36.4 Å². The summed E-state index contributed by atoms with van der Waals surface area (Å²) in [4.78, 5) is 7.69. The topological polar surface area (TPSA) is 9.72 Å². The summed E-state index contributed by atoms with van der Waals surface area (Å²) >= 11 is 0. The lowest BCUT2D eigenvalue weighted by atomic mass is 9.91. The van der Waals surface area contributed by atoms with Gasteiger partial charge in [-0.15, -0.1) is 0 Å². The van der Waals surface area contributed by atoms with Gasteiger partial charge in [0.1, 0.15) is 0 Å². The lowest BCUT2D eigenvalue weighted by Crippen LogP contribution is -2.37. The van der Waals surface area contributed by atoms with E-state index < -0.39 is 0 Å². The summed E-state index contributed by atoms with van der Waals surface area (Å²) in [6.07, 6.45) is 5.16. The van der Waals surface area contributed by atoms with E-state index in [4.69, 9.17) is 0 Å². The van der Waals surface area contributed by atoms with Crippen molar-refractivity contribution in [1.29, 1.82) is 0 Å². The quantitative estimate of drug-likeness (QED) is 0.805. The monoisotopic (exact) mass is 375 g/mol. The molecule has 0 aromatic heterocycles. The Hall–Kier alpha value is -1.68. The van der Waals surface area contributed by atoms with Crippen molar-refractivity contribution in [3.63, 3.8) is 0 Å². The van der Waals surface area contributed by atoms with Crippen LogP contribution in [0.1, 0.15) is 35.1 Å². The van der Waals surface area contributed by atoms with Crippen molar-refractivity contribution < 1.29 is 0 Å². The Morgan fingerprint density at radius 1 is 0.643 bits per heavy atom. The number of benzene rings is 2. The smallest absolute Gasteiger partial charge is 0.0237 e.